The van der Waals surface area contributed by atoms with Crippen molar-refractivity contribution < 1.29 is 14.3 Å². The maximum Gasteiger partial charge on any atom is 0.309 e. The molecule has 0 N–H and O–H groups in total. The molecule has 0 saturated carbocycles. The second-order valence-electron chi connectivity index (χ2n) is 4.09. The van der Waals surface area contributed by atoms with Gasteiger partial charge in [-0.05, 0) is 12.8 Å². The van der Waals surface area contributed by atoms with Crippen molar-refractivity contribution in [3.8, 4) is 0 Å². The predicted octanol–water partition coefficient (Wildman–Crippen LogP) is 2.00. The van der Waals surface area contributed by atoms with E-state index >= 15 is 0 Å². The molecule has 1 aliphatic rings. The van der Waals surface area contributed by atoms with Crippen LogP contribution in [0.5, 0.6) is 0 Å². The van der Waals surface area contributed by atoms with Gasteiger partial charge in [0.15, 0.2) is 0 Å². The monoisotopic (exact) mass is 200 g/mol. The molecule has 0 bridgehead atoms. The molecule has 1 aliphatic heterocycles. The number of hydrogen-bond donors (Lipinski definition) is 0. The fourth-order valence-electron chi connectivity index (χ4n) is 2.37. The second-order valence-corrected chi connectivity index (χ2v) is 4.09. The zero-order chi connectivity index (χ0) is 10.6. The van der Waals surface area contributed by atoms with Gasteiger partial charge in [-0.25, -0.2) is 0 Å². The molecule has 82 valence electrons. The lowest BCUT2D eigenvalue weighted by molar-refractivity contribution is -0.180. The van der Waals surface area contributed by atoms with Crippen LogP contribution in [0.3, 0.4) is 0 Å². The van der Waals surface area contributed by atoms with Gasteiger partial charge in [0, 0.05) is 5.41 Å². The van der Waals surface area contributed by atoms with Gasteiger partial charge in [-0.3, -0.25) is 4.79 Å². The molecule has 0 spiro atoms. The molecular weight excluding hydrogens is 180 g/mol. The van der Waals surface area contributed by atoms with E-state index in [2.05, 4.69) is 6.92 Å². The minimum absolute atomic E-state index is 0.0150. The zero-order valence-corrected chi connectivity index (χ0v) is 9.34. The van der Waals surface area contributed by atoms with Crippen LogP contribution in [0.1, 0.15) is 33.1 Å². The molecule has 1 heterocycles. The van der Waals surface area contributed by atoms with Gasteiger partial charge in [-0.2, -0.15) is 0 Å². The fraction of sp³-hybridized carbons (Fsp3) is 0.909. The van der Waals surface area contributed by atoms with Crippen LogP contribution >= 0.6 is 0 Å². The summed E-state index contributed by atoms with van der Waals surface area (Å²) in [5, 5.41) is 0. The minimum Gasteiger partial charge on any atom is -0.469 e. The molecule has 1 saturated heterocycles. The number of methoxy groups -OCH3 is 1. The summed E-state index contributed by atoms with van der Waals surface area (Å²) < 4.78 is 10.1. The Morgan fingerprint density at radius 3 is 2.43 bits per heavy atom. The Balaban J connectivity index is 2.69. The summed E-state index contributed by atoms with van der Waals surface area (Å²) in [5.41, 5.74) is 0.0661. The molecule has 0 amide bonds. The summed E-state index contributed by atoms with van der Waals surface area (Å²) in [5.74, 6) is -0.0644. The Morgan fingerprint density at radius 2 is 2.14 bits per heavy atom. The number of carbonyl (C=O) groups excluding carboxylic acids is 1. The number of hydrogen-bond acceptors (Lipinski definition) is 3. The third kappa shape index (κ3) is 1.92. The molecule has 0 aromatic carbocycles. The van der Waals surface area contributed by atoms with Crippen molar-refractivity contribution in [1.29, 1.82) is 0 Å². The van der Waals surface area contributed by atoms with Crippen molar-refractivity contribution >= 4 is 5.97 Å². The van der Waals surface area contributed by atoms with E-state index in [-0.39, 0.29) is 17.3 Å². The van der Waals surface area contributed by atoms with Gasteiger partial charge in [0.05, 0.1) is 26.2 Å². The highest BCUT2D eigenvalue weighted by molar-refractivity contribution is 5.73. The van der Waals surface area contributed by atoms with E-state index < -0.39 is 0 Å². The van der Waals surface area contributed by atoms with Crippen molar-refractivity contribution in [1.82, 2.24) is 0 Å². The van der Waals surface area contributed by atoms with E-state index in [1.165, 1.54) is 7.11 Å². The van der Waals surface area contributed by atoms with E-state index in [1.54, 1.807) is 0 Å². The molecular formula is C11H20O3. The summed E-state index contributed by atoms with van der Waals surface area (Å²) >= 11 is 0. The fourth-order valence-corrected chi connectivity index (χ4v) is 2.37. The maximum absolute atomic E-state index is 11.6. The molecule has 1 rings (SSSR count). The van der Waals surface area contributed by atoms with E-state index in [1.807, 2.05) is 6.92 Å². The van der Waals surface area contributed by atoms with Gasteiger partial charge in [-0.15, -0.1) is 0 Å². The molecule has 0 aromatic rings. The minimum atomic E-state index is -0.0794. The average Bonchev–Trinajstić information content (AvgIpc) is 2.14. The van der Waals surface area contributed by atoms with E-state index in [0.29, 0.717) is 13.2 Å². The maximum atomic E-state index is 11.6. The lowest BCUT2D eigenvalue weighted by Gasteiger charge is -2.45. The second kappa shape index (κ2) is 4.78. The molecule has 3 nitrogen and oxygen atoms in total. The van der Waals surface area contributed by atoms with Crippen LogP contribution in [0, 0.1) is 11.3 Å². The molecule has 1 unspecified atom stereocenters. The van der Waals surface area contributed by atoms with Crippen LogP contribution < -0.4 is 0 Å². The largest absolute Gasteiger partial charge is 0.469 e. The highest BCUT2D eigenvalue weighted by atomic mass is 16.5. The first-order valence-electron chi connectivity index (χ1n) is 5.35. The number of ether oxygens (including phenoxy) is 2. The first-order chi connectivity index (χ1) is 6.70. The van der Waals surface area contributed by atoms with Crippen molar-refractivity contribution in [2.75, 3.05) is 20.3 Å². The van der Waals surface area contributed by atoms with Crippen molar-refractivity contribution in [3.05, 3.63) is 0 Å². The SMILES string of the molecule is CCCC1(C(CC)C(=O)OC)COC1. The average molecular weight is 200 g/mol. The Hall–Kier alpha value is -0.570. The van der Waals surface area contributed by atoms with Gasteiger partial charge in [0.2, 0.25) is 0 Å². The van der Waals surface area contributed by atoms with Crippen LogP contribution in [0.4, 0.5) is 0 Å². The van der Waals surface area contributed by atoms with Crippen LogP contribution in [0.25, 0.3) is 0 Å². The molecule has 0 radical (unpaired) electrons. The topological polar surface area (TPSA) is 35.5 Å². The van der Waals surface area contributed by atoms with E-state index in [0.717, 1.165) is 19.3 Å². The Labute approximate surface area is 85.8 Å². The van der Waals surface area contributed by atoms with Crippen LogP contribution in [0.15, 0.2) is 0 Å². The number of esters is 1. The van der Waals surface area contributed by atoms with Crippen LogP contribution in [0.2, 0.25) is 0 Å². The van der Waals surface area contributed by atoms with Gasteiger partial charge in [0.25, 0.3) is 0 Å². The Morgan fingerprint density at radius 1 is 1.50 bits per heavy atom. The summed E-state index contributed by atoms with van der Waals surface area (Å²) in [6.45, 7) is 5.62. The third-order valence-corrected chi connectivity index (χ3v) is 3.16. The van der Waals surface area contributed by atoms with Gasteiger partial charge in [0.1, 0.15) is 0 Å². The zero-order valence-electron chi connectivity index (χ0n) is 9.34. The molecule has 14 heavy (non-hydrogen) atoms. The van der Waals surface area contributed by atoms with E-state index in [9.17, 15) is 4.79 Å². The molecule has 1 atom stereocenters. The van der Waals surface area contributed by atoms with E-state index in [4.69, 9.17) is 9.47 Å². The summed E-state index contributed by atoms with van der Waals surface area (Å²) in [7, 11) is 1.46. The quantitative estimate of drug-likeness (QED) is 0.637. The lowest BCUT2D eigenvalue weighted by atomic mass is 9.69. The molecule has 0 aromatic heterocycles. The number of carbonyl (C=O) groups is 1. The number of rotatable bonds is 5. The highest BCUT2D eigenvalue weighted by Crippen LogP contribution is 2.42. The Kier molecular flexibility index (Phi) is 3.93. The summed E-state index contributed by atoms with van der Waals surface area (Å²) in [6.07, 6.45) is 2.99. The lowest BCUT2D eigenvalue weighted by Crippen LogP contribution is -2.51. The molecule has 0 aliphatic carbocycles. The van der Waals surface area contributed by atoms with Gasteiger partial charge in [-0.1, -0.05) is 20.3 Å². The first kappa shape index (κ1) is 11.5. The summed E-state index contributed by atoms with van der Waals surface area (Å²) in [4.78, 5) is 11.6. The Bertz CT molecular complexity index is 197. The van der Waals surface area contributed by atoms with Crippen molar-refractivity contribution in [3.63, 3.8) is 0 Å². The third-order valence-electron chi connectivity index (χ3n) is 3.16. The molecule has 3 heteroatoms. The summed E-state index contributed by atoms with van der Waals surface area (Å²) in [6, 6.07) is 0. The molecule has 1 fully saturated rings. The van der Waals surface area contributed by atoms with Crippen molar-refractivity contribution in [2.24, 2.45) is 11.3 Å². The smallest absolute Gasteiger partial charge is 0.309 e. The standard InChI is InChI=1S/C11H20O3/c1-4-6-11(7-14-8-11)9(5-2)10(12)13-3/h9H,4-8H2,1-3H3. The normalized spacial score (nSPS) is 21.1. The van der Waals surface area contributed by atoms with Crippen molar-refractivity contribution in [2.45, 2.75) is 33.1 Å². The first-order valence-corrected chi connectivity index (χ1v) is 5.35. The van der Waals surface area contributed by atoms with Gasteiger partial charge < -0.3 is 9.47 Å². The predicted molar refractivity (Wildman–Crippen MR) is 54.0 cm³/mol. The van der Waals surface area contributed by atoms with Crippen LogP contribution in [-0.4, -0.2) is 26.3 Å². The van der Waals surface area contributed by atoms with Crippen LogP contribution in [-0.2, 0) is 14.3 Å². The highest BCUT2D eigenvalue weighted by Gasteiger charge is 2.47. The van der Waals surface area contributed by atoms with Gasteiger partial charge >= 0.3 is 5.97 Å².